The summed E-state index contributed by atoms with van der Waals surface area (Å²) in [6, 6.07) is 8.52. The van der Waals surface area contributed by atoms with Gasteiger partial charge in [0.15, 0.2) is 0 Å². The molecular weight excluding hydrogens is 284 g/mol. The minimum Gasteiger partial charge on any atom is -0.355 e. The molecule has 1 aliphatic rings. The molecule has 1 fully saturated rings. The lowest BCUT2D eigenvalue weighted by molar-refractivity contribution is -0.126. The molecule has 2 N–H and O–H groups in total. The van der Waals surface area contributed by atoms with Gasteiger partial charge in [0.2, 0.25) is 5.91 Å². The predicted molar refractivity (Wildman–Crippen MR) is 90.0 cm³/mol. The van der Waals surface area contributed by atoms with Gasteiger partial charge in [-0.05, 0) is 31.5 Å². The highest BCUT2D eigenvalue weighted by atomic mass is 35.5. The molecule has 118 valence electrons. The molecule has 0 bridgehead atoms. The number of aryl methyl sites for hydroxylation is 1. The molecule has 1 aromatic carbocycles. The van der Waals surface area contributed by atoms with Gasteiger partial charge in [-0.1, -0.05) is 50.6 Å². The van der Waals surface area contributed by atoms with E-state index in [9.17, 15) is 4.79 Å². The van der Waals surface area contributed by atoms with Gasteiger partial charge in [0.05, 0.1) is 0 Å². The average Bonchev–Trinajstić information content (AvgIpc) is 2.34. The van der Waals surface area contributed by atoms with Gasteiger partial charge in [-0.3, -0.25) is 4.79 Å². The quantitative estimate of drug-likeness (QED) is 0.878. The van der Waals surface area contributed by atoms with Crippen LogP contribution in [0.3, 0.4) is 0 Å². The molecule has 1 aromatic rings. The molecule has 0 spiro atoms. The van der Waals surface area contributed by atoms with Crippen LogP contribution >= 0.6 is 12.4 Å². The Labute approximate surface area is 134 Å². The highest BCUT2D eigenvalue weighted by molar-refractivity contribution is 5.85. The molecule has 1 heterocycles. The highest BCUT2D eigenvalue weighted by Crippen LogP contribution is 2.23. The van der Waals surface area contributed by atoms with Gasteiger partial charge < -0.3 is 10.6 Å². The summed E-state index contributed by atoms with van der Waals surface area (Å²) < 4.78 is 0. The number of halogens is 1. The van der Waals surface area contributed by atoms with Crippen molar-refractivity contribution in [2.75, 3.05) is 19.6 Å². The van der Waals surface area contributed by atoms with Gasteiger partial charge in [0, 0.05) is 17.9 Å². The molecule has 1 unspecified atom stereocenters. The predicted octanol–water partition coefficient (Wildman–Crippen LogP) is 2.67. The normalized spacial score (nSPS) is 16.6. The molecule has 0 aromatic heterocycles. The molecule has 0 saturated carbocycles. The van der Waals surface area contributed by atoms with E-state index in [4.69, 9.17) is 0 Å². The number of benzene rings is 1. The largest absolute Gasteiger partial charge is 0.355 e. The zero-order chi connectivity index (χ0) is 14.8. The molecule has 4 heteroatoms. The summed E-state index contributed by atoms with van der Waals surface area (Å²) >= 11 is 0. The molecule has 1 aliphatic heterocycles. The Morgan fingerprint density at radius 3 is 2.62 bits per heavy atom. The Morgan fingerprint density at radius 2 is 2.10 bits per heavy atom. The van der Waals surface area contributed by atoms with Crippen LogP contribution in [0.25, 0.3) is 0 Å². The van der Waals surface area contributed by atoms with Crippen molar-refractivity contribution in [2.24, 2.45) is 11.8 Å². The van der Waals surface area contributed by atoms with Crippen molar-refractivity contribution in [3.8, 4) is 0 Å². The number of amides is 1. The van der Waals surface area contributed by atoms with Crippen LogP contribution in [-0.4, -0.2) is 25.5 Å². The van der Waals surface area contributed by atoms with Crippen LogP contribution in [0.2, 0.25) is 0 Å². The fourth-order valence-electron chi connectivity index (χ4n) is 2.52. The second kappa shape index (κ2) is 7.28. The van der Waals surface area contributed by atoms with Crippen molar-refractivity contribution in [1.29, 1.82) is 0 Å². The van der Waals surface area contributed by atoms with Crippen molar-refractivity contribution in [3.05, 3.63) is 35.4 Å². The third-order valence-electron chi connectivity index (χ3n) is 4.44. The Bertz CT molecular complexity index is 483. The van der Waals surface area contributed by atoms with Crippen molar-refractivity contribution >= 4 is 18.3 Å². The van der Waals surface area contributed by atoms with Crippen LogP contribution < -0.4 is 10.6 Å². The number of nitrogens with one attached hydrogen (secondary N) is 2. The van der Waals surface area contributed by atoms with E-state index < -0.39 is 0 Å². The maximum Gasteiger partial charge on any atom is 0.223 e. The highest BCUT2D eigenvalue weighted by Gasteiger charge is 2.30. The van der Waals surface area contributed by atoms with Gasteiger partial charge in [-0.25, -0.2) is 0 Å². The average molecular weight is 311 g/mol. The topological polar surface area (TPSA) is 41.1 Å². The standard InChI is InChI=1S/C17H26N2O.ClH/c1-12-6-5-7-15(8-12)17(3,4)11-19-16(20)13(2)14-9-18-10-14;/h5-8,13-14,18H,9-11H2,1-4H3,(H,19,20);1H. The minimum atomic E-state index is -0.0424. The van der Waals surface area contributed by atoms with Crippen molar-refractivity contribution in [1.82, 2.24) is 10.6 Å². The Morgan fingerprint density at radius 1 is 1.43 bits per heavy atom. The van der Waals surface area contributed by atoms with Gasteiger partial charge in [0.25, 0.3) is 0 Å². The van der Waals surface area contributed by atoms with E-state index in [2.05, 4.69) is 55.7 Å². The Kier molecular flexibility index (Phi) is 6.24. The summed E-state index contributed by atoms with van der Waals surface area (Å²) in [6.45, 7) is 11.1. The first-order valence-electron chi connectivity index (χ1n) is 7.46. The molecule has 3 nitrogen and oxygen atoms in total. The van der Waals surface area contributed by atoms with Crippen LogP contribution in [0.4, 0.5) is 0 Å². The summed E-state index contributed by atoms with van der Waals surface area (Å²) in [4.78, 5) is 12.2. The molecule has 0 radical (unpaired) electrons. The van der Waals surface area contributed by atoms with Gasteiger partial charge in [-0.15, -0.1) is 12.4 Å². The summed E-state index contributed by atoms with van der Waals surface area (Å²) in [5, 5.41) is 6.34. The lowest BCUT2D eigenvalue weighted by Crippen LogP contribution is -2.50. The van der Waals surface area contributed by atoms with E-state index in [0.717, 1.165) is 13.1 Å². The zero-order valence-corrected chi connectivity index (χ0v) is 14.2. The summed E-state index contributed by atoms with van der Waals surface area (Å²) in [7, 11) is 0. The van der Waals surface area contributed by atoms with Crippen LogP contribution in [-0.2, 0) is 10.2 Å². The molecule has 1 amide bonds. The number of rotatable bonds is 5. The fourth-order valence-corrected chi connectivity index (χ4v) is 2.52. The van der Waals surface area contributed by atoms with E-state index >= 15 is 0 Å². The van der Waals surface area contributed by atoms with Crippen molar-refractivity contribution in [3.63, 3.8) is 0 Å². The second-order valence-electron chi connectivity index (χ2n) is 6.68. The van der Waals surface area contributed by atoms with Crippen molar-refractivity contribution < 1.29 is 4.79 Å². The Hall–Kier alpha value is -1.06. The number of hydrogen-bond acceptors (Lipinski definition) is 2. The van der Waals surface area contributed by atoms with Crippen molar-refractivity contribution in [2.45, 2.75) is 33.1 Å². The first-order valence-corrected chi connectivity index (χ1v) is 7.46. The molecule has 0 aliphatic carbocycles. The first kappa shape index (κ1) is 18.0. The third-order valence-corrected chi connectivity index (χ3v) is 4.44. The number of hydrogen-bond donors (Lipinski definition) is 2. The summed E-state index contributed by atoms with van der Waals surface area (Å²) in [6.07, 6.45) is 0. The van der Waals surface area contributed by atoms with E-state index in [1.54, 1.807) is 0 Å². The lowest BCUT2D eigenvalue weighted by Gasteiger charge is -2.33. The maximum atomic E-state index is 12.2. The molecule has 1 saturated heterocycles. The third kappa shape index (κ3) is 4.45. The number of carbonyl (C=O) groups is 1. The van der Waals surface area contributed by atoms with E-state index in [0.29, 0.717) is 12.5 Å². The fraction of sp³-hybridized carbons (Fsp3) is 0.588. The maximum absolute atomic E-state index is 12.2. The summed E-state index contributed by atoms with van der Waals surface area (Å²) in [5.74, 6) is 0.777. The summed E-state index contributed by atoms with van der Waals surface area (Å²) in [5.41, 5.74) is 2.49. The molecular formula is C17H27ClN2O. The van der Waals surface area contributed by atoms with Crippen LogP contribution in [0.5, 0.6) is 0 Å². The first-order chi connectivity index (χ1) is 9.40. The molecule has 1 atom stereocenters. The minimum absolute atomic E-state index is 0. The lowest BCUT2D eigenvalue weighted by atomic mass is 9.83. The van der Waals surface area contributed by atoms with Gasteiger partial charge in [-0.2, -0.15) is 0 Å². The second-order valence-corrected chi connectivity index (χ2v) is 6.68. The monoisotopic (exact) mass is 310 g/mol. The van der Waals surface area contributed by atoms with E-state index in [-0.39, 0.29) is 29.6 Å². The van der Waals surface area contributed by atoms with E-state index in [1.165, 1.54) is 11.1 Å². The van der Waals surface area contributed by atoms with Crippen LogP contribution in [0.15, 0.2) is 24.3 Å². The smallest absolute Gasteiger partial charge is 0.223 e. The molecule has 2 rings (SSSR count). The molecule has 21 heavy (non-hydrogen) atoms. The van der Waals surface area contributed by atoms with Gasteiger partial charge >= 0.3 is 0 Å². The Balaban J connectivity index is 0.00000220. The van der Waals surface area contributed by atoms with Crippen LogP contribution in [0, 0.1) is 18.8 Å². The van der Waals surface area contributed by atoms with E-state index in [1.807, 2.05) is 6.92 Å². The zero-order valence-electron chi connectivity index (χ0n) is 13.4. The van der Waals surface area contributed by atoms with Gasteiger partial charge in [0.1, 0.15) is 0 Å². The SMILES string of the molecule is Cc1cccc(C(C)(C)CNC(=O)C(C)C2CNC2)c1.Cl. The van der Waals surface area contributed by atoms with Crippen LogP contribution in [0.1, 0.15) is 31.9 Å². The number of carbonyl (C=O) groups excluding carboxylic acids is 1.